The van der Waals surface area contributed by atoms with Gasteiger partial charge >= 0.3 is 0 Å². The number of benzene rings is 2. The van der Waals surface area contributed by atoms with Crippen LogP contribution in [0.5, 0.6) is 5.75 Å². The standard InChI is InChI=1S/C26H34FN3O2/c1-25(2,31)26(21-28,22-7-4-3-5-8-22)13-6-14-29-15-17-30(18-16-29)19-20-32-24-11-9-23(27)10-12-24/h3-5,7-12,31H,6,13-20H2,1-2H3. The number of aliphatic hydroxyl groups is 1. The van der Waals surface area contributed by atoms with Crippen LogP contribution in [0.2, 0.25) is 0 Å². The molecule has 0 aromatic heterocycles. The lowest BCUT2D eigenvalue weighted by Gasteiger charge is -2.39. The lowest BCUT2D eigenvalue weighted by molar-refractivity contribution is 0.0120. The van der Waals surface area contributed by atoms with Crippen LogP contribution in [0.25, 0.3) is 0 Å². The zero-order valence-corrected chi connectivity index (χ0v) is 19.1. The first kappa shape index (κ1) is 24.2. The van der Waals surface area contributed by atoms with Crippen molar-refractivity contribution in [2.24, 2.45) is 0 Å². The summed E-state index contributed by atoms with van der Waals surface area (Å²) in [6, 6.07) is 18.2. The fourth-order valence-corrected chi connectivity index (χ4v) is 4.41. The van der Waals surface area contributed by atoms with Crippen LogP contribution in [-0.2, 0) is 5.41 Å². The van der Waals surface area contributed by atoms with Gasteiger partial charge in [-0.25, -0.2) is 4.39 Å². The summed E-state index contributed by atoms with van der Waals surface area (Å²) in [6.45, 7) is 9.70. The molecule has 1 unspecified atom stereocenters. The average Bonchev–Trinajstić information content (AvgIpc) is 2.79. The number of nitrogens with zero attached hydrogens (tertiary/aromatic N) is 3. The minimum atomic E-state index is -1.13. The van der Waals surface area contributed by atoms with E-state index in [-0.39, 0.29) is 5.82 Å². The molecule has 2 aromatic carbocycles. The van der Waals surface area contributed by atoms with Crippen LogP contribution in [-0.4, -0.2) is 66.4 Å². The Kier molecular flexibility index (Phi) is 8.25. The van der Waals surface area contributed by atoms with Crippen molar-refractivity contribution in [2.45, 2.75) is 37.7 Å². The fourth-order valence-electron chi connectivity index (χ4n) is 4.41. The summed E-state index contributed by atoms with van der Waals surface area (Å²) in [5.41, 5.74) is -1.18. The number of ether oxygens (including phenoxy) is 1. The summed E-state index contributed by atoms with van der Waals surface area (Å²) < 4.78 is 18.7. The zero-order valence-electron chi connectivity index (χ0n) is 19.1. The molecule has 0 spiro atoms. The van der Waals surface area contributed by atoms with Crippen LogP contribution < -0.4 is 4.74 Å². The van der Waals surface area contributed by atoms with Gasteiger partial charge in [0.2, 0.25) is 0 Å². The third kappa shape index (κ3) is 6.07. The van der Waals surface area contributed by atoms with Crippen molar-refractivity contribution in [1.29, 1.82) is 5.26 Å². The predicted octanol–water partition coefficient (Wildman–Crippen LogP) is 3.83. The van der Waals surface area contributed by atoms with Crippen molar-refractivity contribution >= 4 is 0 Å². The van der Waals surface area contributed by atoms with Crippen molar-refractivity contribution in [2.75, 3.05) is 45.9 Å². The number of nitriles is 1. The maximum absolute atomic E-state index is 13.0. The Hall–Kier alpha value is -2.46. The van der Waals surface area contributed by atoms with Gasteiger partial charge in [0.05, 0.1) is 11.7 Å². The second-order valence-corrected chi connectivity index (χ2v) is 9.03. The van der Waals surface area contributed by atoms with Gasteiger partial charge in [0, 0.05) is 32.7 Å². The van der Waals surface area contributed by atoms with Gasteiger partial charge < -0.3 is 14.7 Å². The molecule has 0 bridgehead atoms. The largest absolute Gasteiger partial charge is 0.492 e. The van der Waals surface area contributed by atoms with Crippen LogP contribution >= 0.6 is 0 Å². The normalized spacial score (nSPS) is 17.5. The Bertz CT molecular complexity index is 869. The lowest BCUT2D eigenvalue weighted by atomic mass is 9.67. The molecule has 0 saturated carbocycles. The molecule has 2 aromatic rings. The molecule has 5 nitrogen and oxygen atoms in total. The van der Waals surface area contributed by atoms with Crippen LogP contribution in [0.1, 0.15) is 32.3 Å². The summed E-state index contributed by atoms with van der Waals surface area (Å²) >= 11 is 0. The molecule has 32 heavy (non-hydrogen) atoms. The van der Waals surface area contributed by atoms with Crippen LogP contribution in [0.15, 0.2) is 54.6 Å². The smallest absolute Gasteiger partial charge is 0.123 e. The van der Waals surface area contributed by atoms with Gasteiger partial charge in [0.15, 0.2) is 0 Å². The van der Waals surface area contributed by atoms with E-state index < -0.39 is 11.0 Å². The first-order chi connectivity index (χ1) is 15.3. The molecule has 1 heterocycles. The van der Waals surface area contributed by atoms with E-state index >= 15 is 0 Å². The topological polar surface area (TPSA) is 59.7 Å². The first-order valence-electron chi connectivity index (χ1n) is 11.4. The summed E-state index contributed by atoms with van der Waals surface area (Å²) in [6.07, 6.45) is 1.46. The summed E-state index contributed by atoms with van der Waals surface area (Å²) in [7, 11) is 0. The maximum atomic E-state index is 13.0. The number of hydrogen-bond donors (Lipinski definition) is 1. The maximum Gasteiger partial charge on any atom is 0.123 e. The molecule has 1 atom stereocenters. The van der Waals surface area contributed by atoms with Gasteiger partial charge in [0.1, 0.15) is 23.6 Å². The highest BCUT2D eigenvalue weighted by molar-refractivity contribution is 5.36. The Labute approximate surface area is 191 Å². The molecule has 0 amide bonds. The highest BCUT2D eigenvalue weighted by Gasteiger charge is 2.45. The van der Waals surface area contributed by atoms with E-state index in [0.717, 1.165) is 51.3 Å². The third-order valence-electron chi connectivity index (χ3n) is 6.48. The molecule has 6 heteroatoms. The van der Waals surface area contributed by atoms with Crippen molar-refractivity contribution in [3.63, 3.8) is 0 Å². The van der Waals surface area contributed by atoms with E-state index in [0.29, 0.717) is 18.8 Å². The predicted molar refractivity (Wildman–Crippen MR) is 124 cm³/mol. The van der Waals surface area contributed by atoms with Gasteiger partial charge in [-0.05, 0) is 63.1 Å². The molecular formula is C26H34FN3O2. The van der Waals surface area contributed by atoms with E-state index in [4.69, 9.17) is 4.74 Å². The molecule has 0 aliphatic carbocycles. The van der Waals surface area contributed by atoms with E-state index in [1.54, 1.807) is 26.0 Å². The fraction of sp³-hybridized carbons (Fsp3) is 0.500. The van der Waals surface area contributed by atoms with Crippen molar-refractivity contribution in [3.05, 3.63) is 66.0 Å². The van der Waals surface area contributed by atoms with Gasteiger partial charge in [-0.3, -0.25) is 4.90 Å². The van der Waals surface area contributed by atoms with E-state index in [2.05, 4.69) is 15.9 Å². The first-order valence-corrected chi connectivity index (χ1v) is 11.4. The Morgan fingerprint density at radius 1 is 0.969 bits per heavy atom. The van der Waals surface area contributed by atoms with Crippen LogP contribution in [0, 0.1) is 17.1 Å². The molecule has 0 radical (unpaired) electrons. The van der Waals surface area contributed by atoms with E-state index in [1.165, 1.54) is 12.1 Å². The summed E-state index contributed by atoms with van der Waals surface area (Å²) in [4.78, 5) is 4.80. The second-order valence-electron chi connectivity index (χ2n) is 9.03. The quantitative estimate of drug-likeness (QED) is 0.610. The lowest BCUT2D eigenvalue weighted by Crippen LogP contribution is -2.49. The van der Waals surface area contributed by atoms with Crippen LogP contribution in [0.3, 0.4) is 0 Å². The van der Waals surface area contributed by atoms with E-state index in [1.807, 2.05) is 30.3 Å². The molecule has 3 rings (SSSR count). The Balaban J connectivity index is 1.43. The van der Waals surface area contributed by atoms with Gasteiger partial charge in [-0.15, -0.1) is 0 Å². The molecule has 1 fully saturated rings. The number of rotatable bonds is 10. The Morgan fingerprint density at radius 2 is 1.56 bits per heavy atom. The number of hydrogen-bond acceptors (Lipinski definition) is 5. The minimum absolute atomic E-state index is 0.258. The second kappa shape index (κ2) is 10.9. The number of halogens is 1. The van der Waals surface area contributed by atoms with Crippen molar-refractivity contribution < 1.29 is 14.2 Å². The Morgan fingerprint density at radius 3 is 2.12 bits per heavy atom. The van der Waals surface area contributed by atoms with Gasteiger partial charge in [0.25, 0.3) is 0 Å². The minimum Gasteiger partial charge on any atom is -0.492 e. The summed E-state index contributed by atoms with van der Waals surface area (Å²) in [5.74, 6) is 0.433. The van der Waals surface area contributed by atoms with Crippen molar-refractivity contribution in [1.82, 2.24) is 9.80 Å². The average molecular weight is 440 g/mol. The zero-order chi connectivity index (χ0) is 23.0. The highest BCUT2D eigenvalue weighted by Crippen LogP contribution is 2.39. The highest BCUT2D eigenvalue weighted by atomic mass is 19.1. The number of piperazine rings is 1. The SMILES string of the molecule is CC(C)(O)C(C#N)(CCCN1CCN(CCOc2ccc(F)cc2)CC1)c1ccccc1. The summed E-state index contributed by atoms with van der Waals surface area (Å²) in [5, 5.41) is 20.9. The molecule has 172 valence electrons. The monoisotopic (exact) mass is 439 g/mol. The molecule has 1 N–H and O–H groups in total. The van der Waals surface area contributed by atoms with Gasteiger partial charge in [-0.2, -0.15) is 5.26 Å². The van der Waals surface area contributed by atoms with Gasteiger partial charge in [-0.1, -0.05) is 30.3 Å². The molecule has 1 aliphatic heterocycles. The van der Waals surface area contributed by atoms with Crippen molar-refractivity contribution in [3.8, 4) is 11.8 Å². The molecule has 1 saturated heterocycles. The van der Waals surface area contributed by atoms with E-state index in [9.17, 15) is 14.8 Å². The molecular weight excluding hydrogens is 405 g/mol. The third-order valence-corrected chi connectivity index (χ3v) is 6.48. The molecule has 1 aliphatic rings. The van der Waals surface area contributed by atoms with Crippen LogP contribution in [0.4, 0.5) is 4.39 Å².